The quantitative estimate of drug-likeness (QED) is 0.362. The first kappa shape index (κ1) is 19.2. The molecule has 0 bridgehead atoms. The Morgan fingerprint density at radius 3 is 1.67 bits per heavy atom. The molecule has 0 saturated heterocycles. The van der Waals surface area contributed by atoms with Gasteiger partial charge < -0.3 is 0 Å². The topological polar surface area (TPSA) is 12.4 Å². The molecule has 0 atom stereocenters. The first-order valence-electron chi connectivity index (χ1n) is 8.99. The third-order valence-electron chi connectivity index (χ3n) is 4.32. The Kier molecular flexibility index (Phi) is 6.30. The van der Waals surface area contributed by atoms with Crippen LogP contribution in [0.15, 0.2) is 53.5 Å². The van der Waals surface area contributed by atoms with Crippen LogP contribution in [0.5, 0.6) is 0 Å². The zero-order chi connectivity index (χ0) is 17.9. The number of nitrogens with zero attached hydrogens (tertiary/aromatic N) is 1. The van der Waals surface area contributed by atoms with Crippen molar-refractivity contribution in [3.63, 3.8) is 0 Å². The summed E-state index contributed by atoms with van der Waals surface area (Å²) in [6.45, 7) is 9.06. The molecule has 0 spiro atoms. The van der Waals surface area contributed by atoms with Crippen molar-refractivity contribution in [2.24, 2.45) is 4.99 Å². The molecule has 0 amide bonds. The molecule has 24 heavy (non-hydrogen) atoms. The van der Waals surface area contributed by atoms with Gasteiger partial charge in [0.05, 0.1) is 0 Å². The predicted molar refractivity (Wildman–Crippen MR) is 111 cm³/mol. The summed E-state index contributed by atoms with van der Waals surface area (Å²) in [5, 5.41) is 0. The fourth-order valence-corrected chi connectivity index (χ4v) is 7.24. The van der Waals surface area contributed by atoms with Gasteiger partial charge in [-0.05, 0) is 0 Å². The molecule has 2 rings (SSSR count). The molecule has 2 aromatic rings. The molecule has 0 aliphatic rings. The van der Waals surface area contributed by atoms with Crippen molar-refractivity contribution in [2.75, 3.05) is 0 Å². The number of hydrogen-bond acceptors (Lipinski definition) is 1. The number of rotatable bonds is 5. The van der Waals surface area contributed by atoms with Crippen LogP contribution in [0.1, 0.15) is 56.2 Å². The average molecular weight is 428 g/mol. The van der Waals surface area contributed by atoms with Crippen LogP contribution in [-0.2, 0) is 0 Å². The Morgan fingerprint density at radius 1 is 0.750 bits per heavy atom. The van der Waals surface area contributed by atoms with Crippen LogP contribution in [-0.4, -0.2) is 22.1 Å². The second-order valence-electron chi connectivity index (χ2n) is 8.17. The zero-order valence-electron chi connectivity index (χ0n) is 16.2. The van der Waals surface area contributed by atoms with Crippen LogP contribution in [0.4, 0.5) is 5.69 Å². The van der Waals surface area contributed by atoms with Gasteiger partial charge in [-0.3, -0.25) is 0 Å². The second-order valence-corrected chi connectivity index (χ2v) is 22.4. The fraction of sp³-hybridized carbons (Fsp3) is 0.409. The van der Waals surface area contributed by atoms with Crippen LogP contribution in [0.2, 0.25) is 14.8 Å². The SMILES string of the molecule is CC(C)c1cccc(C(C)C)c1N=[C](c1ccccc1)[Sn]([CH3])([CH3])[CH3]. The van der Waals surface area contributed by atoms with E-state index in [4.69, 9.17) is 4.99 Å². The molecule has 1 nitrogen and oxygen atoms in total. The number of benzene rings is 2. The molecule has 2 aromatic carbocycles. The first-order valence-corrected chi connectivity index (χ1v) is 19.0. The second kappa shape index (κ2) is 7.86. The third-order valence-corrected chi connectivity index (χ3v) is 9.52. The molecule has 0 unspecified atom stereocenters. The van der Waals surface area contributed by atoms with Gasteiger partial charge in [-0.1, -0.05) is 0 Å². The molecule has 0 saturated carbocycles. The first-order chi connectivity index (χ1) is 11.2. The predicted octanol–water partition coefficient (Wildman–Crippen LogP) is 6.93. The van der Waals surface area contributed by atoms with Crippen molar-refractivity contribution in [1.82, 2.24) is 0 Å². The van der Waals surface area contributed by atoms with Gasteiger partial charge in [0.2, 0.25) is 0 Å². The minimum absolute atomic E-state index is 0.481. The van der Waals surface area contributed by atoms with Crippen LogP contribution < -0.4 is 0 Å². The summed E-state index contributed by atoms with van der Waals surface area (Å²) in [6.07, 6.45) is 0. The summed E-state index contributed by atoms with van der Waals surface area (Å²) >= 11 is -2.38. The maximum atomic E-state index is 5.35. The van der Waals surface area contributed by atoms with E-state index < -0.39 is 18.4 Å². The summed E-state index contributed by atoms with van der Waals surface area (Å²) in [5.74, 6) is 0.962. The normalized spacial score (nSPS) is 13.0. The summed E-state index contributed by atoms with van der Waals surface area (Å²) in [7, 11) is 0. The van der Waals surface area contributed by atoms with Gasteiger partial charge in [0.25, 0.3) is 0 Å². The van der Waals surface area contributed by atoms with Crippen LogP contribution in [0.25, 0.3) is 0 Å². The van der Waals surface area contributed by atoms with E-state index in [9.17, 15) is 0 Å². The zero-order valence-corrected chi connectivity index (χ0v) is 19.1. The van der Waals surface area contributed by atoms with Crippen molar-refractivity contribution in [3.05, 3.63) is 65.2 Å². The fourth-order valence-electron chi connectivity index (χ4n) is 3.01. The van der Waals surface area contributed by atoms with E-state index in [0.717, 1.165) is 0 Å². The van der Waals surface area contributed by atoms with E-state index in [1.807, 2.05) is 0 Å². The van der Waals surface area contributed by atoms with Crippen LogP contribution in [0.3, 0.4) is 0 Å². The number of para-hydroxylation sites is 1. The van der Waals surface area contributed by atoms with E-state index in [1.54, 1.807) is 0 Å². The van der Waals surface area contributed by atoms with Crippen LogP contribution in [0, 0.1) is 0 Å². The van der Waals surface area contributed by atoms with Crippen molar-refractivity contribution >= 4 is 27.8 Å². The van der Waals surface area contributed by atoms with Crippen molar-refractivity contribution in [2.45, 2.75) is 54.3 Å². The van der Waals surface area contributed by atoms with Crippen molar-refractivity contribution in [3.8, 4) is 0 Å². The molecule has 0 aromatic heterocycles. The van der Waals surface area contributed by atoms with Crippen LogP contribution >= 0.6 is 0 Å². The molecular weight excluding hydrogens is 397 g/mol. The van der Waals surface area contributed by atoms with Gasteiger partial charge in [-0.25, -0.2) is 0 Å². The Labute approximate surface area is 152 Å². The Hall–Kier alpha value is -1.09. The molecule has 0 fully saturated rings. The number of aliphatic imine (C=N–C) groups is 1. The molecule has 0 radical (unpaired) electrons. The maximum absolute atomic E-state index is 5.35. The molecule has 0 aliphatic heterocycles. The average Bonchev–Trinajstić information content (AvgIpc) is 2.51. The van der Waals surface area contributed by atoms with E-state index in [0.29, 0.717) is 11.8 Å². The van der Waals surface area contributed by atoms with Gasteiger partial charge in [-0.15, -0.1) is 0 Å². The van der Waals surface area contributed by atoms with Crippen molar-refractivity contribution in [1.29, 1.82) is 0 Å². The van der Waals surface area contributed by atoms with Gasteiger partial charge in [0.1, 0.15) is 0 Å². The summed E-state index contributed by atoms with van der Waals surface area (Å²) in [5.41, 5.74) is 5.25. The molecule has 0 aliphatic carbocycles. The number of hydrogen-bond donors (Lipinski definition) is 0. The van der Waals surface area contributed by atoms with Crippen molar-refractivity contribution < 1.29 is 0 Å². The van der Waals surface area contributed by atoms with E-state index >= 15 is 0 Å². The summed E-state index contributed by atoms with van der Waals surface area (Å²) in [4.78, 5) is 12.7. The van der Waals surface area contributed by atoms with Gasteiger partial charge in [0, 0.05) is 0 Å². The minimum atomic E-state index is -2.38. The Balaban J connectivity index is 2.74. The molecule has 2 heteroatoms. The molecule has 128 valence electrons. The van der Waals surface area contributed by atoms with Gasteiger partial charge in [-0.2, -0.15) is 0 Å². The van der Waals surface area contributed by atoms with E-state index in [1.165, 1.54) is 26.1 Å². The van der Waals surface area contributed by atoms with E-state index in [-0.39, 0.29) is 0 Å². The summed E-state index contributed by atoms with van der Waals surface area (Å²) < 4.78 is 1.36. The van der Waals surface area contributed by atoms with Gasteiger partial charge >= 0.3 is 152 Å². The van der Waals surface area contributed by atoms with Gasteiger partial charge in [0.15, 0.2) is 0 Å². The molecule has 0 heterocycles. The molecule has 0 N–H and O–H groups in total. The Morgan fingerprint density at radius 2 is 1.25 bits per heavy atom. The Bertz CT molecular complexity index is 680. The summed E-state index contributed by atoms with van der Waals surface area (Å²) in [6, 6.07) is 17.4. The molecular formula is C22H31NSn. The van der Waals surface area contributed by atoms with E-state index in [2.05, 4.69) is 91.0 Å². The standard InChI is InChI=1S/C19H22N.3CH3.Sn/c1-14(2)17-11-8-12-18(15(3)4)19(17)20-13-16-9-6-5-7-10-16;;;;/h5-12,14-15H,1-4H3;3*1H3;. The third kappa shape index (κ3) is 4.50. The monoisotopic (exact) mass is 429 g/mol.